The monoisotopic (exact) mass is 370 g/mol. The maximum Gasteiger partial charge on any atom is 0.126 e. The molecule has 0 radical (unpaired) electrons. The zero-order valence-corrected chi connectivity index (χ0v) is 17.6. The number of benzene rings is 1. The molecule has 0 saturated heterocycles. The van der Waals surface area contributed by atoms with Gasteiger partial charge in [0, 0.05) is 0 Å². The summed E-state index contributed by atoms with van der Waals surface area (Å²) in [4.78, 5) is 0. The Kier molecular flexibility index (Phi) is 7.97. The molecule has 1 saturated carbocycles. The minimum atomic E-state index is -0.0272. The SMILES string of the molecule is CCc1ccc(CCC2=CCC(CCC3CCC(CC)CC3)CC2)cc1F. The number of halogens is 1. The molecule has 3 rings (SSSR count). The molecule has 0 N–H and O–H groups in total. The van der Waals surface area contributed by atoms with Crippen molar-refractivity contribution >= 4 is 0 Å². The van der Waals surface area contributed by atoms with E-state index in [4.69, 9.17) is 0 Å². The summed E-state index contributed by atoms with van der Waals surface area (Å²) >= 11 is 0. The molecule has 0 nitrogen and oxygen atoms in total. The van der Waals surface area contributed by atoms with Gasteiger partial charge in [-0.15, -0.1) is 0 Å². The quantitative estimate of drug-likeness (QED) is 0.406. The number of allylic oxidation sites excluding steroid dienone is 2. The summed E-state index contributed by atoms with van der Waals surface area (Å²) in [5.74, 6) is 2.92. The molecule has 0 aliphatic heterocycles. The predicted molar refractivity (Wildman–Crippen MR) is 114 cm³/mol. The van der Waals surface area contributed by atoms with Crippen LogP contribution in [0.4, 0.5) is 4.39 Å². The largest absolute Gasteiger partial charge is 0.207 e. The molecule has 0 bridgehead atoms. The molecule has 0 heterocycles. The maximum atomic E-state index is 13.9. The van der Waals surface area contributed by atoms with E-state index in [2.05, 4.69) is 19.1 Å². The van der Waals surface area contributed by atoms with Crippen LogP contribution in [-0.4, -0.2) is 0 Å². The molecule has 1 atom stereocenters. The lowest BCUT2D eigenvalue weighted by atomic mass is 9.76. The van der Waals surface area contributed by atoms with Crippen LogP contribution in [0.2, 0.25) is 0 Å². The van der Waals surface area contributed by atoms with Gasteiger partial charge in [-0.2, -0.15) is 0 Å². The molecule has 1 heteroatoms. The smallest absolute Gasteiger partial charge is 0.126 e. The highest BCUT2D eigenvalue weighted by Gasteiger charge is 2.22. The molecule has 1 fully saturated rings. The minimum absolute atomic E-state index is 0.0272. The first-order valence-corrected chi connectivity index (χ1v) is 11.6. The molecule has 27 heavy (non-hydrogen) atoms. The Bertz CT molecular complexity index is 607. The van der Waals surface area contributed by atoms with Crippen LogP contribution in [0, 0.1) is 23.6 Å². The summed E-state index contributed by atoms with van der Waals surface area (Å²) < 4.78 is 13.9. The van der Waals surface area contributed by atoms with Crippen LogP contribution < -0.4 is 0 Å². The minimum Gasteiger partial charge on any atom is -0.207 e. The van der Waals surface area contributed by atoms with Gasteiger partial charge in [0.05, 0.1) is 0 Å². The zero-order chi connectivity index (χ0) is 19.1. The van der Waals surface area contributed by atoms with Gasteiger partial charge in [-0.3, -0.25) is 0 Å². The second-order valence-electron chi connectivity index (χ2n) is 9.15. The number of hydrogen-bond donors (Lipinski definition) is 0. The normalized spacial score (nSPS) is 26.0. The first-order chi connectivity index (χ1) is 13.2. The van der Waals surface area contributed by atoms with E-state index < -0.39 is 0 Å². The summed E-state index contributed by atoms with van der Waals surface area (Å²) in [6.07, 6.45) is 19.5. The second-order valence-corrected chi connectivity index (χ2v) is 9.15. The van der Waals surface area contributed by atoms with Crippen molar-refractivity contribution in [2.24, 2.45) is 17.8 Å². The van der Waals surface area contributed by atoms with Gasteiger partial charge in [0.25, 0.3) is 0 Å². The highest BCUT2D eigenvalue weighted by molar-refractivity contribution is 5.25. The highest BCUT2D eigenvalue weighted by atomic mass is 19.1. The Morgan fingerprint density at radius 1 is 0.889 bits per heavy atom. The molecule has 150 valence electrons. The molecule has 2 aliphatic carbocycles. The van der Waals surface area contributed by atoms with Crippen molar-refractivity contribution < 1.29 is 4.39 Å². The van der Waals surface area contributed by atoms with Crippen molar-refractivity contribution in [2.45, 2.75) is 97.3 Å². The Hall–Kier alpha value is -1.11. The van der Waals surface area contributed by atoms with E-state index >= 15 is 0 Å². The third-order valence-corrected chi connectivity index (χ3v) is 7.37. The average molecular weight is 371 g/mol. The number of hydrogen-bond acceptors (Lipinski definition) is 0. The maximum absolute atomic E-state index is 13.9. The Balaban J connectivity index is 1.36. The van der Waals surface area contributed by atoms with Crippen molar-refractivity contribution in [3.05, 3.63) is 46.8 Å². The fraction of sp³-hybridized carbons (Fsp3) is 0.692. The van der Waals surface area contributed by atoms with E-state index in [9.17, 15) is 4.39 Å². The van der Waals surface area contributed by atoms with E-state index in [0.717, 1.165) is 48.1 Å². The van der Waals surface area contributed by atoms with Crippen LogP contribution >= 0.6 is 0 Å². The van der Waals surface area contributed by atoms with Gasteiger partial charge in [0.1, 0.15) is 5.82 Å². The lowest BCUT2D eigenvalue weighted by Crippen LogP contribution is -2.15. The predicted octanol–water partition coefficient (Wildman–Crippen LogP) is 8.04. The molecule has 0 spiro atoms. The first-order valence-electron chi connectivity index (χ1n) is 11.6. The van der Waals surface area contributed by atoms with E-state index in [1.54, 1.807) is 11.6 Å². The van der Waals surface area contributed by atoms with Gasteiger partial charge in [0.2, 0.25) is 0 Å². The lowest BCUT2D eigenvalue weighted by molar-refractivity contribution is 0.241. The number of rotatable bonds is 8. The van der Waals surface area contributed by atoms with Crippen LogP contribution in [0.1, 0.15) is 95.6 Å². The van der Waals surface area contributed by atoms with Gasteiger partial charge in [0.15, 0.2) is 0 Å². The summed E-state index contributed by atoms with van der Waals surface area (Å²) in [7, 11) is 0. The van der Waals surface area contributed by atoms with Gasteiger partial charge in [-0.25, -0.2) is 4.39 Å². The topological polar surface area (TPSA) is 0 Å². The van der Waals surface area contributed by atoms with Gasteiger partial charge < -0.3 is 0 Å². The first kappa shape index (κ1) is 20.6. The van der Waals surface area contributed by atoms with Gasteiger partial charge in [-0.05, 0) is 79.9 Å². The summed E-state index contributed by atoms with van der Waals surface area (Å²) in [5, 5.41) is 0. The highest BCUT2D eigenvalue weighted by Crippen LogP contribution is 2.36. The van der Waals surface area contributed by atoms with Crippen molar-refractivity contribution in [3.63, 3.8) is 0 Å². The van der Waals surface area contributed by atoms with Crippen LogP contribution in [-0.2, 0) is 12.8 Å². The molecule has 0 aromatic heterocycles. The zero-order valence-electron chi connectivity index (χ0n) is 17.6. The Morgan fingerprint density at radius 2 is 1.63 bits per heavy atom. The van der Waals surface area contributed by atoms with E-state index in [1.807, 2.05) is 13.0 Å². The van der Waals surface area contributed by atoms with E-state index in [1.165, 1.54) is 64.2 Å². The van der Waals surface area contributed by atoms with Gasteiger partial charge in [-0.1, -0.05) is 76.2 Å². The fourth-order valence-electron chi connectivity index (χ4n) is 5.17. The van der Waals surface area contributed by atoms with Crippen LogP contribution in [0.25, 0.3) is 0 Å². The lowest BCUT2D eigenvalue weighted by Gasteiger charge is -2.29. The van der Waals surface area contributed by atoms with Crippen molar-refractivity contribution in [2.75, 3.05) is 0 Å². The number of aryl methyl sites for hydroxylation is 2. The molecule has 0 amide bonds. The third-order valence-electron chi connectivity index (χ3n) is 7.37. The summed E-state index contributed by atoms with van der Waals surface area (Å²) in [6, 6.07) is 5.82. The standard InChI is InChI=1S/C26H39F/c1-3-20-5-7-21(8-6-20)9-10-22-11-13-23(14-12-22)15-16-24-17-18-25(4-2)26(27)19-24/h13,17-22H,3-12,14-16H2,1-2H3. The van der Waals surface area contributed by atoms with Gasteiger partial charge >= 0.3 is 0 Å². The van der Waals surface area contributed by atoms with E-state index in [0.29, 0.717) is 0 Å². The summed E-state index contributed by atoms with van der Waals surface area (Å²) in [5.41, 5.74) is 3.59. The van der Waals surface area contributed by atoms with Crippen molar-refractivity contribution in [1.82, 2.24) is 0 Å². The average Bonchev–Trinajstić information content (AvgIpc) is 2.72. The molecule has 1 aromatic rings. The molecular weight excluding hydrogens is 331 g/mol. The molecular formula is C26H39F. The molecule has 1 unspecified atom stereocenters. The Labute approximate surface area is 166 Å². The molecule has 2 aliphatic rings. The third kappa shape index (κ3) is 6.19. The van der Waals surface area contributed by atoms with Crippen LogP contribution in [0.15, 0.2) is 29.8 Å². The summed E-state index contributed by atoms with van der Waals surface area (Å²) in [6.45, 7) is 4.37. The second kappa shape index (κ2) is 10.4. The fourth-order valence-corrected chi connectivity index (χ4v) is 5.17. The van der Waals surface area contributed by atoms with Crippen LogP contribution in [0.5, 0.6) is 0 Å². The van der Waals surface area contributed by atoms with Crippen LogP contribution in [0.3, 0.4) is 0 Å². The Morgan fingerprint density at radius 3 is 2.26 bits per heavy atom. The van der Waals surface area contributed by atoms with Crippen molar-refractivity contribution in [1.29, 1.82) is 0 Å². The van der Waals surface area contributed by atoms with Crippen molar-refractivity contribution in [3.8, 4) is 0 Å². The molecule has 1 aromatic carbocycles. The van der Waals surface area contributed by atoms with E-state index in [-0.39, 0.29) is 5.82 Å².